The van der Waals surface area contributed by atoms with Gasteiger partial charge in [-0.25, -0.2) is 0 Å². The number of halogens is 3. The molecule has 2 aromatic heterocycles. The Hall–Kier alpha value is -3.19. The van der Waals surface area contributed by atoms with Crippen molar-refractivity contribution >= 4 is 22.9 Å². The molecule has 0 aliphatic carbocycles. The summed E-state index contributed by atoms with van der Waals surface area (Å²) in [7, 11) is 0. The molecule has 32 heavy (non-hydrogen) atoms. The highest BCUT2D eigenvalue weighted by atomic mass is 19.4. The summed E-state index contributed by atoms with van der Waals surface area (Å²) in [6.07, 6.45) is -9.57. The minimum Gasteiger partial charge on any atom is -0.464 e. The van der Waals surface area contributed by atoms with Crippen LogP contribution in [0.25, 0.3) is 22.2 Å². The van der Waals surface area contributed by atoms with Crippen molar-refractivity contribution in [2.24, 2.45) is 0 Å². The molecule has 9 nitrogen and oxygen atoms in total. The van der Waals surface area contributed by atoms with E-state index in [9.17, 15) is 38.1 Å². The van der Waals surface area contributed by atoms with Gasteiger partial charge in [0.1, 0.15) is 36.4 Å². The maximum atomic E-state index is 13.9. The summed E-state index contributed by atoms with van der Waals surface area (Å²) < 4.78 is 54.8. The Morgan fingerprint density at radius 2 is 1.94 bits per heavy atom. The number of H-pyrrole nitrogens is 1. The smallest absolute Gasteiger partial charge is 0.417 e. The summed E-state index contributed by atoms with van der Waals surface area (Å²) in [4.78, 5) is 26.3. The van der Waals surface area contributed by atoms with Crippen LogP contribution in [0.15, 0.2) is 45.8 Å². The quantitative estimate of drug-likeness (QED) is 0.272. The number of pyridine rings is 1. The number of rotatable bonds is 8. The lowest BCUT2D eigenvalue weighted by atomic mass is 9.99. The van der Waals surface area contributed by atoms with E-state index in [1.807, 2.05) is 0 Å². The van der Waals surface area contributed by atoms with Crippen LogP contribution in [0.4, 0.5) is 18.9 Å². The van der Waals surface area contributed by atoms with Gasteiger partial charge in [0.2, 0.25) is 0 Å². The topological polar surface area (TPSA) is 156 Å². The van der Waals surface area contributed by atoms with E-state index in [4.69, 9.17) is 10.9 Å². The average Bonchev–Trinajstić information content (AvgIpc) is 3.30. The van der Waals surface area contributed by atoms with Crippen LogP contribution in [0, 0.1) is 0 Å². The minimum atomic E-state index is -4.94. The molecule has 0 spiro atoms. The van der Waals surface area contributed by atoms with Gasteiger partial charge in [0.15, 0.2) is 1.41 Å². The second kappa shape index (κ2) is 9.12. The molecule has 172 valence electrons. The van der Waals surface area contributed by atoms with E-state index in [2.05, 4.69) is 4.98 Å². The minimum absolute atomic E-state index is 0.0824. The molecule has 0 unspecified atom stereocenters. The number of furan rings is 1. The van der Waals surface area contributed by atoms with Crippen LogP contribution in [0.1, 0.15) is 5.56 Å². The molecule has 0 radical (unpaired) electrons. The lowest BCUT2D eigenvalue weighted by Gasteiger charge is -2.27. The molecule has 2 heterocycles. The predicted octanol–water partition coefficient (Wildman–Crippen LogP) is 0.861. The van der Waals surface area contributed by atoms with Crippen LogP contribution in [0.2, 0.25) is 1.41 Å². The predicted molar refractivity (Wildman–Crippen MR) is 106 cm³/mol. The first-order chi connectivity index (χ1) is 15.5. The molecule has 0 amide bonds. The van der Waals surface area contributed by atoms with Crippen molar-refractivity contribution in [3.63, 3.8) is 0 Å². The molecule has 1 aromatic carbocycles. The molecule has 4 atom stereocenters. The molecule has 0 aliphatic rings. The molecule has 3 aromatic rings. The van der Waals surface area contributed by atoms with E-state index >= 15 is 0 Å². The van der Waals surface area contributed by atoms with E-state index in [0.717, 1.165) is 24.5 Å². The summed E-state index contributed by atoms with van der Waals surface area (Å²) in [6, 6.07) is 3.77. The summed E-state index contributed by atoms with van der Waals surface area (Å²) >= 11 is 0. The summed E-state index contributed by atoms with van der Waals surface area (Å²) in [5, 5.41) is 38.3. The Morgan fingerprint density at radius 1 is 1.22 bits per heavy atom. The van der Waals surface area contributed by atoms with Crippen molar-refractivity contribution in [3.05, 3.63) is 52.5 Å². The summed E-state index contributed by atoms with van der Waals surface area (Å²) in [6.45, 7) is -0.933. The zero-order valence-corrected chi connectivity index (χ0v) is 16.2. The van der Waals surface area contributed by atoms with Crippen LogP contribution < -0.4 is 10.9 Å². The number of aromatic amines is 1. The number of benzene rings is 1. The first-order valence-electron chi connectivity index (χ1n) is 9.65. The molecule has 6 N–H and O–H groups in total. The van der Waals surface area contributed by atoms with Crippen LogP contribution >= 0.6 is 0 Å². The fraction of sp³-hybridized carbons (Fsp3) is 0.300. The first kappa shape index (κ1) is 22.0. The number of carbonyl (C=O) groups excluding carboxylic acids is 1. The number of alkyl halides is 3. The van der Waals surface area contributed by atoms with Crippen molar-refractivity contribution in [1.29, 1.82) is 0 Å². The molecule has 3 rings (SSSR count). The Morgan fingerprint density at radius 3 is 2.50 bits per heavy atom. The first-order valence-corrected chi connectivity index (χ1v) is 9.20. The third-order valence-electron chi connectivity index (χ3n) is 4.77. The molecule has 0 saturated carbocycles. The normalized spacial score (nSPS) is 16.3. The maximum absolute atomic E-state index is 13.9. The number of aliphatic hydroxyl groups excluding tert-OH is 4. The molecule has 0 bridgehead atoms. The molecule has 0 saturated heterocycles. The van der Waals surface area contributed by atoms with Gasteiger partial charge in [-0.1, -0.05) is 6.07 Å². The SMILES string of the molecule is [2H]N(c1ccc2c(C(F)(F)F)c(-c3ccco3)c(=O)[nH]c2c1)[C@@H](C=O)[C@@H](O)[C@H](O)[C@H](O)CO. The average molecular weight is 457 g/mol. The third kappa shape index (κ3) is 4.53. The van der Waals surface area contributed by atoms with Gasteiger partial charge in [0.25, 0.3) is 5.56 Å². The number of aliphatic hydroxyl groups is 4. The zero-order valence-electron chi connectivity index (χ0n) is 17.2. The van der Waals surface area contributed by atoms with Crippen molar-refractivity contribution < 1.29 is 44.2 Å². The number of carbonyl (C=O) groups is 1. The summed E-state index contributed by atoms with van der Waals surface area (Å²) in [5.41, 5.74) is -3.61. The third-order valence-corrected chi connectivity index (χ3v) is 4.77. The standard InChI is InChI=1S/C20H19F3N2O7/c21-20(22,23)16-10-4-3-9(24-12(7-26)17(29)18(30)13(28)8-27)6-11(10)25-19(31)15(16)14-2-1-5-32-14/h1-7,12-13,17-18,24,27-30H,8H2,(H,25,31)/t12-,13+,17+,18+/m0/s1/i/hD. The Balaban J connectivity index is 2.11. The largest absolute Gasteiger partial charge is 0.464 e. The van der Waals surface area contributed by atoms with Crippen LogP contribution in [0.3, 0.4) is 0 Å². The fourth-order valence-corrected chi connectivity index (χ4v) is 3.21. The second-order valence-corrected chi connectivity index (χ2v) is 6.90. The highest BCUT2D eigenvalue weighted by molar-refractivity contribution is 5.90. The molecule has 0 aliphatic heterocycles. The van der Waals surface area contributed by atoms with Crippen LogP contribution in [-0.4, -0.2) is 62.7 Å². The number of aldehydes is 1. The lowest BCUT2D eigenvalue weighted by molar-refractivity contribution is -0.136. The van der Waals surface area contributed by atoms with E-state index < -0.39 is 59.2 Å². The van der Waals surface area contributed by atoms with E-state index in [-0.39, 0.29) is 23.3 Å². The van der Waals surface area contributed by atoms with Gasteiger partial charge in [0, 0.05) is 11.1 Å². The van der Waals surface area contributed by atoms with Gasteiger partial charge in [0.05, 0.1) is 29.5 Å². The van der Waals surface area contributed by atoms with E-state index in [0.29, 0.717) is 5.31 Å². The highest BCUT2D eigenvalue weighted by Crippen LogP contribution is 2.40. The maximum Gasteiger partial charge on any atom is 0.417 e. The van der Waals surface area contributed by atoms with E-state index in [1.165, 1.54) is 12.1 Å². The van der Waals surface area contributed by atoms with Crippen LogP contribution in [-0.2, 0) is 11.0 Å². The number of fused-ring (bicyclic) bond motifs is 1. The van der Waals surface area contributed by atoms with Gasteiger partial charge in [-0.15, -0.1) is 0 Å². The van der Waals surface area contributed by atoms with Gasteiger partial charge < -0.3 is 39.9 Å². The van der Waals surface area contributed by atoms with Crippen molar-refractivity contribution in [2.45, 2.75) is 30.5 Å². The van der Waals surface area contributed by atoms with Gasteiger partial charge in [-0.05, 0) is 24.3 Å². The Bertz CT molecular complexity index is 1180. The van der Waals surface area contributed by atoms with E-state index in [1.54, 1.807) is 0 Å². The summed E-state index contributed by atoms with van der Waals surface area (Å²) in [5.74, 6) is -0.294. The van der Waals surface area contributed by atoms with Gasteiger partial charge >= 0.3 is 6.18 Å². The van der Waals surface area contributed by atoms with Crippen molar-refractivity contribution in [1.82, 2.24) is 4.98 Å². The fourth-order valence-electron chi connectivity index (χ4n) is 3.21. The Labute approximate surface area is 179 Å². The highest BCUT2D eigenvalue weighted by Gasteiger charge is 2.38. The Kier molecular flexibility index (Phi) is 6.28. The number of hydrogen-bond acceptors (Lipinski definition) is 8. The molecular formula is C20H19F3N2O7. The van der Waals surface area contributed by atoms with Gasteiger partial charge in [-0.2, -0.15) is 13.2 Å². The van der Waals surface area contributed by atoms with Crippen molar-refractivity contribution in [2.75, 3.05) is 11.9 Å². The molecule has 12 heteroatoms. The van der Waals surface area contributed by atoms with Gasteiger partial charge in [-0.3, -0.25) is 4.79 Å². The molecule has 0 fully saturated rings. The monoisotopic (exact) mass is 457 g/mol. The number of aromatic nitrogens is 1. The van der Waals surface area contributed by atoms with Crippen LogP contribution in [0.5, 0.6) is 0 Å². The zero-order chi connectivity index (χ0) is 24.5. The van der Waals surface area contributed by atoms with Crippen molar-refractivity contribution in [3.8, 4) is 11.3 Å². The number of nitrogens with one attached hydrogen (secondary N) is 2. The molecular weight excluding hydrogens is 437 g/mol. The number of anilines is 1. The lowest BCUT2D eigenvalue weighted by Crippen LogP contribution is -2.49. The number of hydrogen-bond donors (Lipinski definition) is 6. The second-order valence-electron chi connectivity index (χ2n) is 6.90.